The molecule has 0 aromatic carbocycles. The summed E-state index contributed by atoms with van der Waals surface area (Å²) < 4.78 is 0. The van der Waals surface area contributed by atoms with E-state index in [2.05, 4.69) is 0 Å². The maximum atomic E-state index is 11.0. The summed E-state index contributed by atoms with van der Waals surface area (Å²) >= 11 is 0. The van der Waals surface area contributed by atoms with Crippen LogP contribution in [0, 0.1) is 0 Å². The molecule has 5 nitrogen and oxygen atoms in total. The van der Waals surface area contributed by atoms with Gasteiger partial charge in [-0.15, -0.1) is 0 Å². The van der Waals surface area contributed by atoms with Crippen LogP contribution in [0.15, 0.2) is 11.1 Å². The summed E-state index contributed by atoms with van der Waals surface area (Å²) in [5.74, 6) is -1.77. The summed E-state index contributed by atoms with van der Waals surface area (Å²) in [6, 6.07) is 0. The molecule has 0 atom stereocenters. The molecule has 0 aromatic heterocycles. The van der Waals surface area contributed by atoms with Crippen molar-refractivity contribution in [2.45, 2.75) is 25.7 Å². The quantitative estimate of drug-likeness (QED) is 0.430. The third-order valence-corrected chi connectivity index (χ3v) is 2.10. The van der Waals surface area contributed by atoms with Crippen molar-refractivity contribution in [3.63, 3.8) is 0 Å². The van der Waals surface area contributed by atoms with Gasteiger partial charge in [0.15, 0.2) is 0 Å². The van der Waals surface area contributed by atoms with Crippen molar-refractivity contribution in [1.82, 2.24) is 5.48 Å². The summed E-state index contributed by atoms with van der Waals surface area (Å²) in [6.07, 6.45) is 2.40. The zero-order chi connectivity index (χ0) is 9.84. The van der Waals surface area contributed by atoms with E-state index in [0.717, 1.165) is 12.8 Å². The van der Waals surface area contributed by atoms with E-state index in [9.17, 15) is 9.59 Å². The predicted molar refractivity (Wildman–Crippen MR) is 43.1 cm³/mol. The minimum Gasteiger partial charge on any atom is -0.478 e. The first-order valence-corrected chi connectivity index (χ1v) is 4.06. The molecule has 0 fully saturated rings. The standard InChI is InChI=1S/C8H11NO4/c10-7(9-13)5-3-1-2-4-6(5)8(11)12/h13H,1-4H2,(H,9,10)(H,11,12). The number of nitrogens with one attached hydrogen (secondary N) is 1. The van der Waals surface area contributed by atoms with Crippen molar-refractivity contribution in [3.8, 4) is 0 Å². The van der Waals surface area contributed by atoms with E-state index in [0.29, 0.717) is 12.8 Å². The third-order valence-electron chi connectivity index (χ3n) is 2.10. The van der Waals surface area contributed by atoms with Crippen LogP contribution in [0.5, 0.6) is 0 Å². The maximum Gasteiger partial charge on any atom is 0.332 e. The van der Waals surface area contributed by atoms with Gasteiger partial charge in [0.2, 0.25) is 0 Å². The van der Waals surface area contributed by atoms with Crippen molar-refractivity contribution in [1.29, 1.82) is 0 Å². The zero-order valence-corrected chi connectivity index (χ0v) is 7.04. The van der Waals surface area contributed by atoms with Crippen LogP contribution in [0.3, 0.4) is 0 Å². The molecule has 1 amide bonds. The lowest BCUT2D eigenvalue weighted by Crippen LogP contribution is -2.25. The van der Waals surface area contributed by atoms with Gasteiger partial charge < -0.3 is 5.11 Å². The molecular weight excluding hydrogens is 174 g/mol. The van der Waals surface area contributed by atoms with E-state index in [1.54, 1.807) is 0 Å². The Bertz CT molecular complexity index is 269. The van der Waals surface area contributed by atoms with Gasteiger partial charge in [0.05, 0.1) is 0 Å². The SMILES string of the molecule is O=C(O)C1=C(C(=O)NO)CCCC1. The van der Waals surface area contributed by atoms with Crippen molar-refractivity contribution >= 4 is 11.9 Å². The number of carboxylic acids is 1. The monoisotopic (exact) mass is 185 g/mol. The van der Waals surface area contributed by atoms with Crippen LogP contribution in [0.25, 0.3) is 0 Å². The van der Waals surface area contributed by atoms with Crippen LogP contribution >= 0.6 is 0 Å². The lowest BCUT2D eigenvalue weighted by Gasteiger charge is -2.15. The van der Waals surface area contributed by atoms with Crippen molar-refractivity contribution in [2.75, 3.05) is 0 Å². The molecule has 5 heteroatoms. The molecule has 1 aliphatic carbocycles. The van der Waals surface area contributed by atoms with E-state index in [1.807, 2.05) is 0 Å². The second-order valence-corrected chi connectivity index (χ2v) is 2.91. The number of hydrogen-bond acceptors (Lipinski definition) is 3. The van der Waals surface area contributed by atoms with Gasteiger partial charge in [-0.2, -0.15) is 0 Å². The first-order chi connectivity index (χ1) is 6.16. The van der Waals surface area contributed by atoms with Gasteiger partial charge in [-0.05, 0) is 25.7 Å². The Hall–Kier alpha value is -1.36. The molecule has 0 bridgehead atoms. The highest BCUT2D eigenvalue weighted by molar-refractivity contribution is 6.01. The fourth-order valence-electron chi connectivity index (χ4n) is 1.46. The Morgan fingerprint density at radius 1 is 1.15 bits per heavy atom. The number of aliphatic carboxylic acids is 1. The number of carboxylic acid groups (broad SMARTS) is 1. The van der Waals surface area contributed by atoms with E-state index in [1.165, 1.54) is 5.48 Å². The lowest BCUT2D eigenvalue weighted by atomic mass is 9.91. The first kappa shape index (κ1) is 9.73. The summed E-state index contributed by atoms with van der Waals surface area (Å²) in [5, 5.41) is 17.1. The minimum absolute atomic E-state index is 0.123. The number of hydroxylamine groups is 1. The van der Waals surface area contributed by atoms with Crippen LogP contribution in [-0.2, 0) is 9.59 Å². The highest BCUT2D eigenvalue weighted by Gasteiger charge is 2.22. The molecule has 1 rings (SSSR count). The largest absolute Gasteiger partial charge is 0.478 e. The smallest absolute Gasteiger partial charge is 0.332 e. The Balaban J connectivity index is 2.96. The molecule has 13 heavy (non-hydrogen) atoms. The average molecular weight is 185 g/mol. The number of rotatable bonds is 2. The number of carbonyl (C=O) groups is 2. The molecule has 1 aliphatic rings. The normalized spacial score (nSPS) is 17.0. The van der Waals surface area contributed by atoms with Gasteiger partial charge in [0.1, 0.15) is 0 Å². The molecule has 0 radical (unpaired) electrons. The first-order valence-electron chi connectivity index (χ1n) is 4.06. The van der Waals surface area contributed by atoms with Gasteiger partial charge in [0, 0.05) is 11.1 Å². The number of carbonyl (C=O) groups excluding carboxylic acids is 1. The van der Waals surface area contributed by atoms with E-state index >= 15 is 0 Å². The van der Waals surface area contributed by atoms with Gasteiger partial charge in [-0.3, -0.25) is 10.0 Å². The molecule has 72 valence electrons. The summed E-state index contributed by atoms with van der Waals surface area (Å²) in [6.45, 7) is 0. The second-order valence-electron chi connectivity index (χ2n) is 2.91. The summed E-state index contributed by atoms with van der Waals surface area (Å²) in [7, 11) is 0. The molecule has 0 aromatic rings. The Morgan fingerprint density at radius 2 is 1.69 bits per heavy atom. The van der Waals surface area contributed by atoms with Gasteiger partial charge in [-0.25, -0.2) is 10.3 Å². The van der Waals surface area contributed by atoms with Crippen molar-refractivity contribution in [3.05, 3.63) is 11.1 Å². The van der Waals surface area contributed by atoms with Crippen LogP contribution < -0.4 is 5.48 Å². The van der Waals surface area contributed by atoms with Gasteiger partial charge in [0.25, 0.3) is 5.91 Å². The fourth-order valence-corrected chi connectivity index (χ4v) is 1.46. The number of amides is 1. The van der Waals surface area contributed by atoms with Crippen LogP contribution in [0.4, 0.5) is 0 Å². The van der Waals surface area contributed by atoms with E-state index in [4.69, 9.17) is 10.3 Å². The van der Waals surface area contributed by atoms with Crippen LogP contribution in [-0.4, -0.2) is 22.2 Å². The summed E-state index contributed by atoms with van der Waals surface area (Å²) in [4.78, 5) is 21.7. The van der Waals surface area contributed by atoms with Crippen molar-refractivity contribution < 1.29 is 19.9 Å². The Kier molecular flexibility index (Phi) is 3.02. The zero-order valence-electron chi connectivity index (χ0n) is 7.04. The molecular formula is C8H11NO4. The van der Waals surface area contributed by atoms with Crippen molar-refractivity contribution in [2.24, 2.45) is 0 Å². The topological polar surface area (TPSA) is 86.6 Å². The van der Waals surface area contributed by atoms with Crippen LogP contribution in [0.1, 0.15) is 25.7 Å². The lowest BCUT2D eigenvalue weighted by molar-refractivity contribution is -0.134. The fraction of sp³-hybridized carbons (Fsp3) is 0.500. The van der Waals surface area contributed by atoms with Gasteiger partial charge >= 0.3 is 5.97 Å². The Labute approximate surface area is 75.0 Å². The number of hydrogen-bond donors (Lipinski definition) is 3. The average Bonchev–Trinajstić information content (AvgIpc) is 2.16. The maximum absolute atomic E-state index is 11.0. The molecule has 0 unspecified atom stereocenters. The summed E-state index contributed by atoms with van der Waals surface area (Å²) in [5.41, 5.74) is 1.78. The molecule has 0 aliphatic heterocycles. The molecule has 0 spiro atoms. The second kappa shape index (κ2) is 4.04. The molecule has 0 saturated carbocycles. The highest BCUT2D eigenvalue weighted by Crippen LogP contribution is 2.24. The molecule has 0 saturated heterocycles. The minimum atomic E-state index is -1.07. The predicted octanol–water partition coefficient (Wildman–Crippen LogP) is 0.447. The third kappa shape index (κ3) is 2.06. The molecule has 3 N–H and O–H groups in total. The van der Waals surface area contributed by atoms with Crippen LogP contribution in [0.2, 0.25) is 0 Å². The Morgan fingerprint density at radius 3 is 2.15 bits per heavy atom. The van der Waals surface area contributed by atoms with E-state index in [-0.39, 0.29) is 11.1 Å². The molecule has 0 heterocycles. The van der Waals surface area contributed by atoms with Gasteiger partial charge in [-0.1, -0.05) is 0 Å². The van der Waals surface area contributed by atoms with E-state index < -0.39 is 11.9 Å². The highest BCUT2D eigenvalue weighted by atomic mass is 16.5.